The summed E-state index contributed by atoms with van der Waals surface area (Å²) in [7, 11) is 0. The molecule has 2 unspecified atom stereocenters. The molecule has 2 atom stereocenters. The van der Waals surface area contributed by atoms with Gasteiger partial charge in [-0.25, -0.2) is 4.79 Å². The predicted octanol–water partition coefficient (Wildman–Crippen LogP) is 9.28. The molecule has 0 saturated carbocycles. The van der Waals surface area contributed by atoms with Crippen molar-refractivity contribution in [2.24, 2.45) is 10.8 Å². The lowest BCUT2D eigenvalue weighted by Gasteiger charge is -2.40. The molecule has 67 heavy (non-hydrogen) atoms. The van der Waals surface area contributed by atoms with Crippen LogP contribution in [0, 0.1) is 10.8 Å². The molecular weight excluding hydrogens is 849 g/mol. The molecule has 4 aromatic carbocycles. The van der Waals surface area contributed by atoms with E-state index in [1.807, 2.05) is 24.3 Å². The van der Waals surface area contributed by atoms with Crippen LogP contribution >= 0.6 is 0 Å². The molecule has 12 nitrogen and oxygen atoms in total. The maximum Gasteiger partial charge on any atom is 0.407 e. The number of fused-ring (bicyclic) bond motifs is 3. The summed E-state index contributed by atoms with van der Waals surface area (Å²) < 4.78 is 47.7. The van der Waals surface area contributed by atoms with E-state index in [1.54, 1.807) is 0 Å². The van der Waals surface area contributed by atoms with E-state index >= 15 is 0 Å². The van der Waals surface area contributed by atoms with Crippen molar-refractivity contribution in [1.82, 2.24) is 10.6 Å². The number of alkyl carbamates (subject to hydrolysis) is 1. The predicted molar refractivity (Wildman–Crippen MR) is 259 cm³/mol. The first-order valence-electron chi connectivity index (χ1n) is 24.6. The van der Waals surface area contributed by atoms with Crippen LogP contribution in [0.3, 0.4) is 0 Å². The molecule has 1 aliphatic carbocycles. The van der Waals surface area contributed by atoms with Crippen LogP contribution < -0.4 is 20.1 Å². The Morgan fingerprint density at radius 1 is 0.582 bits per heavy atom. The first-order chi connectivity index (χ1) is 32.8. The second-order valence-corrected chi connectivity index (χ2v) is 18.5. The Bertz CT molecular complexity index is 1990. The van der Waals surface area contributed by atoms with E-state index in [4.69, 9.17) is 37.9 Å². The minimum atomic E-state index is -0.656. The molecule has 0 radical (unpaired) electrons. The van der Waals surface area contributed by atoms with E-state index < -0.39 is 23.7 Å². The molecule has 3 aliphatic rings. The molecule has 12 heteroatoms. The number of esters is 1. The normalized spacial score (nSPS) is 16.9. The smallest absolute Gasteiger partial charge is 0.407 e. The highest BCUT2D eigenvalue weighted by atomic mass is 16.6. The lowest BCUT2D eigenvalue weighted by Crippen LogP contribution is -2.46. The first kappa shape index (κ1) is 49.9. The number of amides is 1. The Hall–Kier alpha value is -4.98. The fourth-order valence-corrected chi connectivity index (χ4v) is 9.09. The zero-order valence-corrected chi connectivity index (χ0v) is 40.1. The summed E-state index contributed by atoms with van der Waals surface area (Å²) in [5, 5.41) is 6.06. The van der Waals surface area contributed by atoms with E-state index in [9.17, 15) is 9.59 Å². The standard InChI is InChI=1S/C55H72N2O10/c1-5-9-15-29-57-52(59)67-46(32-61-36-54(8-4)39-63-40-54)34-65-44-26-22-42(23-27-44)55(49-18-13-11-16-47(49)48-17-12-14-19-50(48)55)41-20-24-43(25-21-41)64-33-45(66-51(58)30-56-28-10-6-2)31-60-35-53(7-3)37-62-38-53/h11-14,16-27,45-46,56H,5-10,15,28-40H2,1-4H3,(H,57,59). The zero-order valence-electron chi connectivity index (χ0n) is 40.1. The molecule has 362 valence electrons. The summed E-state index contributed by atoms with van der Waals surface area (Å²) in [4.78, 5) is 25.7. The third-order valence-electron chi connectivity index (χ3n) is 13.6. The van der Waals surface area contributed by atoms with Crippen molar-refractivity contribution < 1.29 is 47.5 Å². The summed E-state index contributed by atoms with van der Waals surface area (Å²) in [6.45, 7) is 14.5. The van der Waals surface area contributed by atoms with Crippen LogP contribution in [-0.4, -0.2) is 110 Å². The minimum Gasteiger partial charge on any atom is -0.490 e. The Labute approximate surface area is 397 Å². The highest BCUT2D eigenvalue weighted by Gasteiger charge is 2.46. The van der Waals surface area contributed by atoms with Crippen molar-refractivity contribution in [2.45, 2.75) is 90.3 Å². The topological polar surface area (TPSA) is 132 Å². The fourth-order valence-electron chi connectivity index (χ4n) is 9.09. The largest absolute Gasteiger partial charge is 0.490 e. The molecule has 0 bridgehead atoms. The SMILES string of the molecule is CCCCCNC(=O)OC(COCC1(CC)COC1)COc1ccc(C2(c3ccc(OCC(COCC4(CC)COC4)OC(=O)CNCCCC)cc3)c3ccccc3-c3ccccc32)cc1. The third-order valence-corrected chi connectivity index (χ3v) is 13.6. The van der Waals surface area contributed by atoms with Crippen LogP contribution in [0.5, 0.6) is 11.5 Å². The van der Waals surface area contributed by atoms with Gasteiger partial charge in [0.2, 0.25) is 0 Å². The van der Waals surface area contributed by atoms with E-state index in [-0.39, 0.29) is 49.8 Å². The number of unbranched alkanes of at least 4 members (excludes halogenated alkanes) is 3. The number of ether oxygens (including phenoxy) is 8. The number of rotatable bonds is 29. The van der Waals surface area contributed by atoms with E-state index in [0.29, 0.717) is 57.7 Å². The van der Waals surface area contributed by atoms with Gasteiger partial charge in [-0.3, -0.25) is 4.79 Å². The molecule has 2 N–H and O–H groups in total. The summed E-state index contributed by atoms with van der Waals surface area (Å²) in [5.74, 6) is 0.974. The van der Waals surface area contributed by atoms with Crippen LogP contribution in [0.25, 0.3) is 11.1 Å². The summed E-state index contributed by atoms with van der Waals surface area (Å²) >= 11 is 0. The van der Waals surface area contributed by atoms with Gasteiger partial charge < -0.3 is 48.5 Å². The summed E-state index contributed by atoms with van der Waals surface area (Å²) in [6, 6.07) is 33.6. The third kappa shape index (κ3) is 12.4. The summed E-state index contributed by atoms with van der Waals surface area (Å²) in [5.41, 5.74) is 6.21. The van der Waals surface area contributed by atoms with Crippen LogP contribution in [0.1, 0.15) is 94.9 Å². The molecule has 2 saturated heterocycles. The minimum absolute atomic E-state index is 0.00803. The number of carbonyl (C=O) groups is 2. The molecule has 2 aliphatic heterocycles. The maximum atomic E-state index is 12.9. The molecule has 0 aromatic heterocycles. The molecule has 7 rings (SSSR count). The van der Waals surface area contributed by atoms with Gasteiger partial charge in [0.15, 0.2) is 12.2 Å². The van der Waals surface area contributed by atoms with Gasteiger partial charge in [0, 0.05) is 17.4 Å². The number of hydrogen-bond acceptors (Lipinski definition) is 11. The lowest BCUT2D eigenvalue weighted by molar-refractivity contribution is -0.167. The monoisotopic (exact) mass is 921 g/mol. The van der Waals surface area contributed by atoms with Crippen LogP contribution in [0.15, 0.2) is 97.1 Å². The molecule has 1 amide bonds. The van der Waals surface area contributed by atoms with Gasteiger partial charge in [-0.1, -0.05) is 120 Å². The zero-order chi connectivity index (χ0) is 47.0. The summed E-state index contributed by atoms with van der Waals surface area (Å²) in [6.07, 6.45) is 5.27. The molecule has 4 aromatic rings. The first-order valence-corrected chi connectivity index (χ1v) is 24.6. The molecule has 2 heterocycles. The van der Waals surface area contributed by atoms with Gasteiger partial charge in [-0.15, -0.1) is 0 Å². The number of hydrogen-bond donors (Lipinski definition) is 2. The van der Waals surface area contributed by atoms with Crippen LogP contribution in [0.2, 0.25) is 0 Å². The van der Waals surface area contributed by atoms with Gasteiger partial charge in [-0.05, 0) is 89.9 Å². The van der Waals surface area contributed by atoms with Crippen molar-refractivity contribution >= 4 is 12.1 Å². The van der Waals surface area contributed by atoms with Crippen molar-refractivity contribution in [1.29, 1.82) is 0 Å². The average molecular weight is 921 g/mol. The molecule has 2 fully saturated rings. The highest BCUT2D eigenvalue weighted by molar-refractivity contribution is 5.86. The van der Waals surface area contributed by atoms with Gasteiger partial charge in [0.25, 0.3) is 0 Å². The number of nitrogens with one attached hydrogen (secondary N) is 2. The molecule has 0 spiro atoms. The van der Waals surface area contributed by atoms with Gasteiger partial charge in [0.1, 0.15) is 24.7 Å². The quantitative estimate of drug-likeness (QED) is 0.0352. The Balaban J connectivity index is 1.08. The van der Waals surface area contributed by atoms with Gasteiger partial charge >= 0.3 is 12.1 Å². The van der Waals surface area contributed by atoms with Crippen molar-refractivity contribution in [2.75, 3.05) is 85.7 Å². The second-order valence-electron chi connectivity index (χ2n) is 18.5. The van der Waals surface area contributed by atoms with Gasteiger partial charge in [-0.2, -0.15) is 0 Å². The maximum absolute atomic E-state index is 12.9. The van der Waals surface area contributed by atoms with E-state index in [2.05, 4.69) is 111 Å². The Morgan fingerprint density at radius 2 is 1.07 bits per heavy atom. The molecular formula is C55H72N2O10. The van der Waals surface area contributed by atoms with Crippen molar-refractivity contribution in [3.8, 4) is 22.6 Å². The Kier molecular flexibility index (Phi) is 18.1. The van der Waals surface area contributed by atoms with Crippen LogP contribution in [0.4, 0.5) is 4.79 Å². The second kappa shape index (κ2) is 24.3. The number of carbonyl (C=O) groups excluding carboxylic acids is 2. The number of benzene rings is 4. The van der Waals surface area contributed by atoms with Gasteiger partial charge in [0.05, 0.1) is 64.8 Å². The highest BCUT2D eigenvalue weighted by Crippen LogP contribution is 2.56. The lowest BCUT2D eigenvalue weighted by atomic mass is 9.68. The van der Waals surface area contributed by atoms with E-state index in [0.717, 1.165) is 62.6 Å². The fraction of sp³-hybridized carbons (Fsp3) is 0.527. The average Bonchev–Trinajstić information content (AvgIpc) is 3.63. The Morgan fingerprint density at radius 3 is 1.54 bits per heavy atom. The van der Waals surface area contributed by atoms with Crippen molar-refractivity contribution in [3.63, 3.8) is 0 Å². The van der Waals surface area contributed by atoms with Crippen molar-refractivity contribution in [3.05, 3.63) is 119 Å². The van der Waals surface area contributed by atoms with E-state index in [1.165, 1.54) is 22.3 Å². The van der Waals surface area contributed by atoms with Crippen LogP contribution in [-0.2, 0) is 38.6 Å².